The number of benzene rings is 1. The van der Waals surface area contributed by atoms with E-state index in [1.807, 2.05) is 0 Å². The molecule has 1 N–H and O–H groups in total. The van der Waals surface area contributed by atoms with E-state index >= 15 is 0 Å². The van der Waals surface area contributed by atoms with Gasteiger partial charge in [-0.2, -0.15) is 0 Å². The Labute approximate surface area is 160 Å². The van der Waals surface area contributed by atoms with Crippen LogP contribution in [0.5, 0.6) is 0 Å². The van der Waals surface area contributed by atoms with Crippen LogP contribution in [0, 0.1) is 6.92 Å². The Balaban J connectivity index is 2.00. The van der Waals surface area contributed by atoms with Crippen LogP contribution in [0.15, 0.2) is 68.1 Å². The molecule has 0 bridgehead atoms. The molecule has 0 saturated carbocycles. The maximum atomic E-state index is 12.4. The highest BCUT2D eigenvalue weighted by Crippen LogP contribution is 2.39. The Hall–Kier alpha value is -3.06. The average Bonchev–Trinajstić information content (AvgIpc) is 3.19. The fourth-order valence-electron chi connectivity index (χ4n) is 2.39. The number of carbonyl (C=O) groups excluding carboxylic acids is 2. The van der Waals surface area contributed by atoms with Gasteiger partial charge in [0.2, 0.25) is 0 Å². The van der Waals surface area contributed by atoms with Gasteiger partial charge in [0.1, 0.15) is 27.9 Å². The quantitative estimate of drug-likeness (QED) is 0.792. The maximum absolute atomic E-state index is 12.4. The third-order valence-corrected chi connectivity index (χ3v) is 4.65. The highest BCUT2D eigenvalue weighted by molar-refractivity contribution is 8.18. The van der Waals surface area contributed by atoms with Gasteiger partial charge in [-0.25, -0.2) is 9.79 Å². The van der Waals surface area contributed by atoms with Crippen molar-refractivity contribution in [3.05, 3.63) is 75.8 Å². The normalized spacial score (nSPS) is 17.0. The highest BCUT2D eigenvalue weighted by atomic mass is 32.2. The summed E-state index contributed by atoms with van der Waals surface area (Å²) in [7, 11) is 0. The van der Waals surface area contributed by atoms with Gasteiger partial charge in [-0.1, -0.05) is 30.0 Å². The van der Waals surface area contributed by atoms with Crippen LogP contribution in [0.4, 0.5) is 0 Å². The second-order valence-corrected chi connectivity index (χ2v) is 6.62. The van der Waals surface area contributed by atoms with Crippen LogP contribution >= 0.6 is 11.8 Å². The number of rotatable bonds is 4. The largest absolute Gasteiger partial charge is 0.506 e. The molecule has 0 spiro atoms. The minimum Gasteiger partial charge on any atom is -0.506 e. The predicted octanol–water partition coefficient (Wildman–Crippen LogP) is 4.29. The molecule has 2 aromatic rings. The molecule has 0 saturated heterocycles. The molecule has 3 rings (SSSR count). The fourth-order valence-corrected chi connectivity index (χ4v) is 3.38. The lowest BCUT2D eigenvalue weighted by Crippen LogP contribution is -2.14. The number of nitrogens with zero attached hydrogens (tertiary/aromatic N) is 1. The summed E-state index contributed by atoms with van der Waals surface area (Å²) >= 11 is 1.01. The third-order valence-electron chi connectivity index (χ3n) is 3.63. The molecule has 6 nitrogen and oxygen atoms in total. The number of esters is 1. The molecule has 0 unspecified atom stereocenters. The van der Waals surface area contributed by atoms with Gasteiger partial charge >= 0.3 is 5.97 Å². The van der Waals surface area contributed by atoms with Crippen molar-refractivity contribution in [3.8, 4) is 0 Å². The number of aryl methyl sites for hydroxylation is 1. The van der Waals surface area contributed by atoms with E-state index in [2.05, 4.69) is 4.99 Å². The summed E-state index contributed by atoms with van der Waals surface area (Å²) in [4.78, 5) is 29.1. The molecule has 27 heavy (non-hydrogen) atoms. The van der Waals surface area contributed by atoms with Crippen molar-refractivity contribution in [3.63, 3.8) is 0 Å². The van der Waals surface area contributed by atoms with Crippen molar-refractivity contribution in [2.45, 2.75) is 13.8 Å². The van der Waals surface area contributed by atoms with Gasteiger partial charge < -0.3 is 14.3 Å². The smallest absolute Gasteiger partial charge is 0.344 e. The van der Waals surface area contributed by atoms with Crippen molar-refractivity contribution in [2.75, 3.05) is 6.61 Å². The van der Waals surface area contributed by atoms with E-state index < -0.39 is 11.9 Å². The standard InChI is InChI=1S/C20H17NO5S/c1-3-25-20(24)16-17(22)15(11-14-10-9-12(2)26-14)27-19(16)21-18(23)13-7-5-4-6-8-13/h4-11,22H,3H2,1-2H3/b15-11+,21-19?. The van der Waals surface area contributed by atoms with Gasteiger partial charge in [-0.05, 0) is 44.2 Å². The van der Waals surface area contributed by atoms with Crippen molar-refractivity contribution >= 4 is 34.8 Å². The van der Waals surface area contributed by atoms with Crippen LogP contribution in [-0.2, 0) is 9.53 Å². The van der Waals surface area contributed by atoms with Crippen molar-refractivity contribution in [1.82, 2.24) is 0 Å². The topological polar surface area (TPSA) is 89.1 Å². The van der Waals surface area contributed by atoms with E-state index in [1.54, 1.807) is 62.4 Å². The first-order valence-corrected chi connectivity index (χ1v) is 9.06. The molecule has 138 valence electrons. The van der Waals surface area contributed by atoms with E-state index in [1.165, 1.54) is 0 Å². The molecule has 1 amide bonds. The SMILES string of the molecule is CCOC(=O)C1=C(O)/C(=C\c2ccc(C)o2)SC1=NC(=O)c1ccccc1. The number of amides is 1. The maximum Gasteiger partial charge on any atom is 0.344 e. The van der Waals surface area contributed by atoms with Gasteiger partial charge in [0.15, 0.2) is 0 Å². The number of aliphatic imine (C=N–C) groups is 1. The molecule has 0 aliphatic carbocycles. The molecule has 1 aliphatic heterocycles. The summed E-state index contributed by atoms with van der Waals surface area (Å²) in [6.07, 6.45) is 1.59. The van der Waals surface area contributed by atoms with E-state index in [-0.39, 0.29) is 23.0 Å². The van der Waals surface area contributed by atoms with Gasteiger partial charge in [-0.3, -0.25) is 4.79 Å². The number of aliphatic hydroxyl groups excluding tert-OH is 1. The summed E-state index contributed by atoms with van der Waals surface area (Å²) in [5.41, 5.74) is 0.257. The molecule has 1 aromatic heterocycles. The lowest BCUT2D eigenvalue weighted by molar-refractivity contribution is -0.138. The lowest BCUT2D eigenvalue weighted by Gasteiger charge is -2.03. The number of ether oxygens (including phenoxy) is 1. The second kappa shape index (κ2) is 8.09. The zero-order valence-electron chi connectivity index (χ0n) is 14.8. The number of furan rings is 1. The Morgan fingerprint density at radius 1 is 1.22 bits per heavy atom. The monoisotopic (exact) mass is 383 g/mol. The van der Waals surface area contributed by atoms with Gasteiger partial charge in [0.25, 0.3) is 5.91 Å². The zero-order chi connectivity index (χ0) is 19.4. The van der Waals surface area contributed by atoms with Gasteiger partial charge in [0.05, 0.1) is 11.5 Å². The minimum absolute atomic E-state index is 0.0920. The van der Waals surface area contributed by atoms with Crippen LogP contribution < -0.4 is 0 Å². The molecule has 0 atom stereocenters. The third kappa shape index (κ3) is 4.20. The first-order valence-electron chi connectivity index (χ1n) is 8.24. The average molecular weight is 383 g/mol. The number of thioether (sulfide) groups is 1. The molecule has 7 heteroatoms. The first-order chi connectivity index (χ1) is 13.0. The predicted molar refractivity (Wildman–Crippen MR) is 104 cm³/mol. The Kier molecular flexibility index (Phi) is 5.61. The van der Waals surface area contributed by atoms with Crippen molar-refractivity contribution in [1.29, 1.82) is 0 Å². The van der Waals surface area contributed by atoms with E-state index in [9.17, 15) is 14.7 Å². The molecule has 1 aliphatic rings. The molecule has 1 aromatic carbocycles. The van der Waals surface area contributed by atoms with Crippen LogP contribution in [-0.4, -0.2) is 28.6 Å². The van der Waals surface area contributed by atoms with Crippen molar-refractivity contribution in [2.24, 2.45) is 4.99 Å². The van der Waals surface area contributed by atoms with Crippen LogP contribution in [0.25, 0.3) is 6.08 Å². The number of hydrogen-bond acceptors (Lipinski definition) is 6. The minimum atomic E-state index is -0.735. The Morgan fingerprint density at radius 2 is 1.96 bits per heavy atom. The Morgan fingerprint density at radius 3 is 2.59 bits per heavy atom. The summed E-state index contributed by atoms with van der Waals surface area (Å²) in [5.74, 6) is -0.302. The van der Waals surface area contributed by atoms with E-state index in [0.29, 0.717) is 22.0 Å². The summed E-state index contributed by atoms with van der Waals surface area (Å²) in [5, 5.41) is 10.6. The highest BCUT2D eigenvalue weighted by Gasteiger charge is 2.34. The number of hydrogen-bond donors (Lipinski definition) is 1. The number of carbonyl (C=O) groups is 2. The van der Waals surface area contributed by atoms with Gasteiger partial charge in [0, 0.05) is 5.56 Å². The van der Waals surface area contributed by atoms with Crippen LogP contribution in [0.3, 0.4) is 0 Å². The van der Waals surface area contributed by atoms with Crippen molar-refractivity contribution < 1.29 is 23.8 Å². The molecule has 2 heterocycles. The first kappa shape index (κ1) is 18.7. The zero-order valence-corrected chi connectivity index (χ0v) is 15.6. The summed E-state index contributed by atoms with van der Waals surface area (Å²) in [6, 6.07) is 12.0. The second-order valence-electron chi connectivity index (χ2n) is 5.59. The number of aliphatic hydroxyl groups is 1. The fraction of sp³-hybridized carbons (Fsp3) is 0.150. The Bertz CT molecular complexity index is 969. The molecule has 0 radical (unpaired) electrons. The van der Waals surface area contributed by atoms with Crippen LogP contribution in [0.2, 0.25) is 0 Å². The summed E-state index contributed by atoms with van der Waals surface area (Å²) in [6.45, 7) is 3.59. The van der Waals surface area contributed by atoms with E-state index in [4.69, 9.17) is 9.15 Å². The molecule has 0 fully saturated rings. The molecular formula is C20H17NO5S. The molecular weight excluding hydrogens is 366 g/mol. The van der Waals surface area contributed by atoms with E-state index in [0.717, 1.165) is 11.8 Å². The van der Waals surface area contributed by atoms with Gasteiger partial charge in [-0.15, -0.1) is 0 Å². The van der Waals surface area contributed by atoms with Crippen LogP contribution in [0.1, 0.15) is 28.8 Å². The summed E-state index contributed by atoms with van der Waals surface area (Å²) < 4.78 is 10.5. The lowest BCUT2D eigenvalue weighted by atomic mass is 10.2.